The van der Waals surface area contributed by atoms with Crippen LogP contribution in [-0.2, 0) is 0 Å². The number of aromatic nitrogens is 5. The van der Waals surface area contributed by atoms with Crippen molar-refractivity contribution < 1.29 is 9.53 Å². The first kappa shape index (κ1) is 11.8. The standard InChI is InChI=1S/C9H11N7O2/c1-11-7-12-8(14-9(13-7)18-2)16-4-3-5(15-16)6(10)17/h3-4H,1-2H3,(H2,10,17)(H,11,12,13,14). The number of hydrogen-bond donors (Lipinski definition) is 2. The number of primary amides is 1. The van der Waals surface area contributed by atoms with E-state index in [4.69, 9.17) is 10.5 Å². The molecule has 94 valence electrons. The SMILES string of the molecule is CNc1nc(OC)nc(-n2ccc(C(N)=O)n2)n1. The lowest BCUT2D eigenvalue weighted by Crippen LogP contribution is -2.13. The number of ether oxygens (including phenoxy) is 1. The molecule has 0 aromatic carbocycles. The Morgan fingerprint density at radius 1 is 1.44 bits per heavy atom. The molecule has 0 saturated heterocycles. The van der Waals surface area contributed by atoms with Crippen molar-refractivity contribution in [1.82, 2.24) is 24.7 Å². The number of nitrogens with zero attached hydrogens (tertiary/aromatic N) is 5. The molecule has 2 heterocycles. The summed E-state index contributed by atoms with van der Waals surface area (Å²) < 4.78 is 6.25. The van der Waals surface area contributed by atoms with Gasteiger partial charge in [-0.3, -0.25) is 4.79 Å². The minimum absolute atomic E-state index is 0.125. The molecule has 0 spiro atoms. The lowest BCUT2D eigenvalue weighted by molar-refractivity contribution is 0.0995. The van der Waals surface area contributed by atoms with Gasteiger partial charge in [-0.25, -0.2) is 4.68 Å². The molecule has 2 aromatic rings. The second-order valence-corrected chi connectivity index (χ2v) is 3.21. The van der Waals surface area contributed by atoms with E-state index in [1.54, 1.807) is 7.05 Å². The van der Waals surface area contributed by atoms with Crippen molar-refractivity contribution in [2.24, 2.45) is 5.73 Å². The van der Waals surface area contributed by atoms with E-state index in [0.717, 1.165) is 0 Å². The molecule has 3 N–H and O–H groups in total. The van der Waals surface area contributed by atoms with Gasteiger partial charge in [0.05, 0.1) is 7.11 Å². The van der Waals surface area contributed by atoms with Crippen LogP contribution in [0.25, 0.3) is 5.95 Å². The third-order valence-electron chi connectivity index (χ3n) is 2.06. The summed E-state index contributed by atoms with van der Waals surface area (Å²) in [5.74, 6) is -0.0738. The van der Waals surface area contributed by atoms with Crippen LogP contribution in [-0.4, -0.2) is 44.8 Å². The fraction of sp³-hybridized carbons (Fsp3) is 0.222. The van der Waals surface area contributed by atoms with Crippen molar-refractivity contribution in [3.05, 3.63) is 18.0 Å². The van der Waals surface area contributed by atoms with E-state index in [1.807, 2.05) is 0 Å². The number of amides is 1. The summed E-state index contributed by atoms with van der Waals surface area (Å²) in [7, 11) is 3.10. The van der Waals surface area contributed by atoms with Crippen LogP contribution >= 0.6 is 0 Å². The summed E-state index contributed by atoms with van der Waals surface area (Å²) in [5.41, 5.74) is 5.24. The van der Waals surface area contributed by atoms with Crippen LogP contribution < -0.4 is 15.8 Å². The van der Waals surface area contributed by atoms with Gasteiger partial charge < -0.3 is 15.8 Å². The Morgan fingerprint density at radius 2 is 2.22 bits per heavy atom. The number of hydrogen-bond acceptors (Lipinski definition) is 7. The maximum absolute atomic E-state index is 10.9. The maximum atomic E-state index is 10.9. The smallest absolute Gasteiger partial charge is 0.322 e. The van der Waals surface area contributed by atoms with Crippen molar-refractivity contribution in [3.63, 3.8) is 0 Å². The van der Waals surface area contributed by atoms with Crippen LogP contribution in [0.3, 0.4) is 0 Å². The van der Waals surface area contributed by atoms with Crippen LogP contribution in [0, 0.1) is 0 Å². The first-order valence-corrected chi connectivity index (χ1v) is 4.97. The minimum Gasteiger partial charge on any atom is -0.467 e. The molecule has 0 aliphatic heterocycles. The third-order valence-corrected chi connectivity index (χ3v) is 2.06. The average molecular weight is 249 g/mol. The zero-order valence-corrected chi connectivity index (χ0v) is 9.78. The van der Waals surface area contributed by atoms with Crippen molar-refractivity contribution in [2.45, 2.75) is 0 Å². The van der Waals surface area contributed by atoms with Crippen molar-refractivity contribution in [2.75, 3.05) is 19.5 Å². The van der Waals surface area contributed by atoms with Gasteiger partial charge in [0.15, 0.2) is 0 Å². The van der Waals surface area contributed by atoms with Crippen LogP contribution in [0.1, 0.15) is 10.5 Å². The molecule has 0 radical (unpaired) electrons. The molecule has 0 bridgehead atoms. The summed E-state index contributed by atoms with van der Waals surface area (Å²) >= 11 is 0. The summed E-state index contributed by atoms with van der Waals surface area (Å²) in [5, 5.41) is 6.70. The van der Waals surface area contributed by atoms with Gasteiger partial charge in [-0.05, 0) is 6.07 Å². The molecular weight excluding hydrogens is 238 g/mol. The summed E-state index contributed by atoms with van der Waals surface area (Å²) in [6.45, 7) is 0. The summed E-state index contributed by atoms with van der Waals surface area (Å²) in [6, 6.07) is 1.61. The molecule has 2 rings (SSSR count). The number of carbonyl (C=O) groups excluding carboxylic acids is 1. The monoisotopic (exact) mass is 249 g/mol. The summed E-state index contributed by atoms with van der Waals surface area (Å²) in [6.07, 6.45) is 1.52. The second kappa shape index (κ2) is 4.65. The molecule has 1 amide bonds. The van der Waals surface area contributed by atoms with Crippen molar-refractivity contribution in [3.8, 4) is 12.0 Å². The highest BCUT2D eigenvalue weighted by Gasteiger charge is 2.11. The Kier molecular flexibility index (Phi) is 3.04. The first-order valence-electron chi connectivity index (χ1n) is 4.97. The highest BCUT2D eigenvalue weighted by atomic mass is 16.5. The lowest BCUT2D eigenvalue weighted by atomic mass is 10.4. The van der Waals surface area contributed by atoms with E-state index in [1.165, 1.54) is 24.1 Å². The van der Waals surface area contributed by atoms with Gasteiger partial charge in [-0.2, -0.15) is 20.1 Å². The Hall–Kier alpha value is -2.71. The topological polar surface area (TPSA) is 121 Å². The molecule has 0 saturated carbocycles. The van der Waals surface area contributed by atoms with E-state index in [9.17, 15) is 4.79 Å². The Balaban J connectivity index is 2.45. The van der Waals surface area contributed by atoms with Gasteiger partial charge in [-0.1, -0.05) is 0 Å². The number of nitrogens with one attached hydrogen (secondary N) is 1. The average Bonchev–Trinajstić information content (AvgIpc) is 2.87. The van der Waals surface area contributed by atoms with E-state index < -0.39 is 5.91 Å². The van der Waals surface area contributed by atoms with Gasteiger partial charge in [0.2, 0.25) is 5.95 Å². The van der Waals surface area contributed by atoms with Gasteiger partial charge >= 0.3 is 6.01 Å². The molecule has 2 aromatic heterocycles. The molecule has 0 fully saturated rings. The largest absolute Gasteiger partial charge is 0.467 e. The highest BCUT2D eigenvalue weighted by Crippen LogP contribution is 2.10. The minimum atomic E-state index is -0.622. The molecule has 0 unspecified atom stereocenters. The number of rotatable bonds is 4. The molecule has 9 heteroatoms. The fourth-order valence-electron chi connectivity index (χ4n) is 1.22. The predicted octanol–water partition coefficient (Wildman–Crippen LogP) is -0.793. The quantitative estimate of drug-likeness (QED) is 0.727. The zero-order chi connectivity index (χ0) is 13.1. The van der Waals surface area contributed by atoms with Crippen molar-refractivity contribution >= 4 is 11.9 Å². The van der Waals surface area contributed by atoms with Crippen LogP contribution in [0.4, 0.5) is 5.95 Å². The van der Waals surface area contributed by atoms with E-state index in [2.05, 4.69) is 25.4 Å². The van der Waals surface area contributed by atoms with Crippen LogP contribution in [0.2, 0.25) is 0 Å². The Bertz CT molecular complexity index is 558. The second-order valence-electron chi connectivity index (χ2n) is 3.21. The fourth-order valence-corrected chi connectivity index (χ4v) is 1.22. The van der Waals surface area contributed by atoms with Crippen LogP contribution in [0.15, 0.2) is 12.3 Å². The molecule has 9 nitrogen and oxygen atoms in total. The number of anilines is 1. The summed E-state index contributed by atoms with van der Waals surface area (Å²) in [4.78, 5) is 23.0. The zero-order valence-electron chi connectivity index (χ0n) is 9.78. The van der Waals surface area contributed by atoms with Crippen molar-refractivity contribution in [1.29, 1.82) is 0 Å². The van der Waals surface area contributed by atoms with Crippen LogP contribution in [0.5, 0.6) is 6.01 Å². The normalized spacial score (nSPS) is 10.1. The lowest BCUT2D eigenvalue weighted by Gasteiger charge is -2.04. The number of methoxy groups -OCH3 is 1. The third kappa shape index (κ3) is 2.19. The van der Waals surface area contributed by atoms with E-state index >= 15 is 0 Å². The number of carbonyl (C=O) groups is 1. The Morgan fingerprint density at radius 3 is 2.78 bits per heavy atom. The van der Waals surface area contributed by atoms with E-state index in [0.29, 0.717) is 5.95 Å². The highest BCUT2D eigenvalue weighted by molar-refractivity contribution is 5.90. The molecule has 0 aliphatic rings. The van der Waals surface area contributed by atoms with Gasteiger partial charge in [0.25, 0.3) is 11.9 Å². The predicted molar refractivity (Wildman–Crippen MR) is 61.6 cm³/mol. The van der Waals surface area contributed by atoms with Gasteiger partial charge in [0, 0.05) is 13.2 Å². The number of nitrogens with two attached hydrogens (primary N) is 1. The molecule has 18 heavy (non-hydrogen) atoms. The van der Waals surface area contributed by atoms with Gasteiger partial charge in [0.1, 0.15) is 5.69 Å². The molecule has 0 aliphatic carbocycles. The maximum Gasteiger partial charge on any atom is 0.322 e. The Labute approximate surface area is 102 Å². The van der Waals surface area contributed by atoms with Gasteiger partial charge in [-0.15, -0.1) is 0 Å². The first-order chi connectivity index (χ1) is 8.63. The molecule has 0 atom stereocenters. The molecular formula is C9H11N7O2. The van der Waals surface area contributed by atoms with E-state index in [-0.39, 0.29) is 17.7 Å².